The molecule has 0 aliphatic rings. The molecule has 0 saturated heterocycles. The van der Waals surface area contributed by atoms with Gasteiger partial charge in [0.15, 0.2) is 0 Å². The summed E-state index contributed by atoms with van der Waals surface area (Å²) in [5, 5.41) is 15.1. The van der Waals surface area contributed by atoms with Crippen LogP contribution in [0.15, 0.2) is 261 Å². The molecule has 13 rings (SSSR count). The second-order valence-corrected chi connectivity index (χ2v) is 17.6. The van der Waals surface area contributed by atoms with Crippen LogP contribution in [0.25, 0.3) is 109 Å². The highest BCUT2D eigenvalue weighted by Gasteiger charge is 2.20. The third kappa shape index (κ3) is 6.71. The van der Waals surface area contributed by atoms with Gasteiger partial charge in [-0.2, -0.15) is 0 Å². The molecule has 0 aromatic heterocycles. The predicted molar refractivity (Wildman–Crippen MR) is 288 cm³/mol. The Kier molecular flexibility index (Phi) is 9.25. The van der Waals surface area contributed by atoms with Gasteiger partial charge in [0.1, 0.15) is 0 Å². The van der Waals surface area contributed by atoms with Crippen LogP contribution in [0.5, 0.6) is 0 Å². The van der Waals surface area contributed by atoms with Gasteiger partial charge >= 0.3 is 0 Å². The highest BCUT2D eigenvalue weighted by atomic mass is 15.1. The van der Waals surface area contributed by atoms with E-state index in [0.717, 1.165) is 22.6 Å². The summed E-state index contributed by atoms with van der Waals surface area (Å²) < 4.78 is 0. The van der Waals surface area contributed by atoms with E-state index >= 15 is 0 Å². The Morgan fingerprint density at radius 1 is 0.179 bits per heavy atom. The normalized spacial score (nSPS) is 11.6. The molecular weight excluding hydrogens is 807 g/mol. The first-order valence-corrected chi connectivity index (χ1v) is 23.2. The van der Waals surface area contributed by atoms with Crippen molar-refractivity contribution in [1.29, 1.82) is 0 Å². The van der Waals surface area contributed by atoms with E-state index in [2.05, 4.69) is 266 Å². The monoisotopic (exact) mass is 849 g/mol. The molecule has 67 heavy (non-hydrogen) atoms. The zero-order valence-electron chi connectivity index (χ0n) is 36.8. The van der Waals surface area contributed by atoms with E-state index in [0.29, 0.717) is 0 Å². The van der Waals surface area contributed by atoms with Crippen LogP contribution in [0, 0.1) is 0 Å². The molecule has 0 saturated carbocycles. The Hall–Kier alpha value is -8.78. The summed E-state index contributed by atoms with van der Waals surface area (Å²) >= 11 is 0. The zero-order chi connectivity index (χ0) is 44.3. The maximum Gasteiger partial charge on any atom is 0.0468 e. The minimum absolute atomic E-state index is 1.09. The molecule has 0 bridgehead atoms. The molecule has 0 spiro atoms. The second-order valence-electron chi connectivity index (χ2n) is 17.6. The van der Waals surface area contributed by atoms with Gasteiger partial charge in [0.25, 0.3) is 0 Å². The Morgan fingerprint density at radius 2 is 0.597 bits per heavy atom. The number of nitrogens with zero attached hydrogens (tertiary/aromatic N) is 1. The fraction of sp³-hybridized carbons (Fsp3) is 0. The molecule has 0 aliphatic heterocycles. The van der Waals surface area contributed by atoms with Crippen molar-refractivity contribution in [3.05, 3.63) is 261 Å². The molecule has 13 aromatic carbocycles. The van der Waals surface area contributed by atoms with Crippen LogP contribution in [0.1, 0.15) is 0 Å². The molecule has 0 radical (unpaired) electrons. The lowest BCUT2D eigenvalue weighted by Gasteiger charge is -2.27. The number of fused-ring (bicyclic) bond motifs is 9. The van der Waals surface area contributed by atoms with E-state index < -0.39 is 0 Å². The average Bonchev–Trinajstić information content (AvgIpc) is 3.41. The average molecular weight is 850 g/mol. The summed E-state index contributed by atoms with van der Waals surface area (Å²) in [4.78, 5) is 2.41. The third-order valence-corrected chi connectivity index (χ3v) is 13.8. The Balaban J connectivity index is 0.966. The van der Waals surface area contributed by atoms with Crippen LogP contribution in [0.3, 0.4) is 0 Å². The number of hydrogen-bond acceptors (Lipinski definition) is 1. The lowest BCUT2D eigenvalue weighted by Crippen LogP contribution is -2.10. The van der Waals surface area contributed by atoms with Crippen LogP contribution in [0.2, 0.25) is 0 Å². The summed E-state index contributed by atoms with van der Waals surface area (Å²) in [6.07, 6.45) is 0. The molecule has 1 heteroatoms. The molecule has 13 aromatic rings. The predicted octanol–water partition coefficient (Wildman–Crippen LogP) is 18.7. The molecule has 0 unspecified atom stereocenters. The van der Waals surface area contributed by atoms with Crippen molar-refractivity contribution in [2.24, 2.45) is 0 Å². The van der Waals surface area contributed by atoms with Gasteiger partial charge in [-0.05, 0) is 158 Å². The summed E-state index contributed by atoms with van der Waals surface area (Å²) in [6, 6.07) is 95.9. The SMILES string of the molecule is c1ccc(-c2c(-c3ccccc3)c3cc(-c4cccc(N(c5ccc(-c6ccc7c(ccc8ccccc87)c6)cc5)c5ccc6c(ccc7ccccc76)c5)c4)ccc3c3ccccc23)cc1. The first-order chi connectivity index (χ1) is 33.2. The molecule has 0 atom stereocenters. The van der Waals surface area contributed by atoms with Crippen LogP contribution >= 0.6 is 0 Å². The van der Waals surface area contributed by atoms with E-state index in [1.807, 2.05) is 0 Å². The molecule has 0 aliphatic carbocycles. The summed E-state index contributed by atoms with van der Waals surface area (Å²) in [7, 11) is 0. The number of anilines is 3. The van der Waals surface area contributed by atoms with Crippen molar-refractivity contribution in [1.82, 2.24) is 0 Å². The maximum absolute atomic E-state index is 2.42. The van der Waals surface area contributed by atoms with Crippen molar-refractivity contribution in [2.45, 2.75) is 0 Å². The van der Waals surface area contributed by atoms with Crippen LogP contribution in [0.4, 0.5) is 17.1 Å². The highest BCUT2D eigenvalue weighted by molar-refractivity contribution is 6.22. The molecule has 312 valence electrons. The van der Waals surface area contributed by atoms with Crippen LogP contribution in [-0.2, 0) is 0 Å². The fourth-order valence-electron chi connectivity index (χ4n) is 10.6. The maximum atomic E-state index is 2.42. The van der Waals surface area contributed by atoms with Gasteiger partial charge < -0.3 is 4.90 Å². The van der Waals surface area contributed by atoms with Gasteiger partial charge in [-0.25, -0.2) is 0 Å². The molecule has 0 amide bonds. The Labute approximate surface area is 390 Å². The topological polar surface area (TPSA) is 3.24 Å². The number of hydrogen-bond donors (Lipinski definition) is 0. The van der Waals surface area contributed by atoms with Crippen molar-refractivity contribution in [2.75, 3.05) is 4.90 Å². The van der Waals surface area contributed by atoms with E-state index in [1.165, 1.54) is 104 Å². The summed E-state index contributed by atoms with van der Waals surface area (Å²) in [5.41, 5.74) is 12.9. The lowest BCUT2D eigenvalue weighted by atomic mass is 9.84. The summed E-state index contributed by atoms with van der Waals surface area (Å²) in [5.74, 6) is 0. The van der Waals surface area contributed by atoms with E-state index in [9.17, 15) is 0 Å². The minimum atomic E-state index is 1.09. The summed E-state index contributed by atoms with van der Waals surface area (Å²) in [6.45, 7) is 0. The van der Waals surface area contributed by atoms with Crippen molar-refractivity contribution in [3.63, 3.8) is 0 Å². The molecule has 0 fully saturated rings. The first kappa shape index (κ1) is 38.7. The highest BCUT2D eigenvalue weighted by Crippen LogP contribution is 2.46. The molecular formula is C66H43N. The van der Waals surface area contributed by atoms with Crippen molar-refractivity contribution < 1.29 is 0 Å². The van der Waals surface area contributed by atoms with Gasteiger partial charge in [0.05, 0.1) is 0 Å². The van der Waals surface area contributed by atoms with Gasteiger partial charge in [-0.15, -0.1) is 0 Å². The zero-order valence-corrected chi connectivity index (χ0v) is 36.8. The molecule has 1 nitrogen and oxygen atoms in total. The second kappa shape index (κ2) is 16.0. The largest absolute Gasteiger partial charge is 0.310 e. The Bertz CT molecular complexity index is 4020. The smallest absolute Gasteiger partial charge is 0.0468 e. The van der Waals surface area contributed by atoms with E-state index in [4.69, 9.17) is 0 Å². The van der Waals surface area contributed by atoms with Crippen molar-refractivity contribution >= 4 is 81.7 Å². The fourth-order valence-corrected chi connectivity index (χ4v) is 10.6. The van der Waals surface area contributed by atoms with Gasteiger partial charge in [-0.3, -0.25) is 0 Å². The first-order valence-electron chi connectivity index (χ1n) is 23.2. The third-order valence-electron chi connectivity index (χ3n) is 13.8. The van der Waals surface area contributed by atoms with Crippen molar-refractivity contribution in [3.8, 4) is 44.5 Å². The van der Waals surface area contributed by atoms with Gasteiger partial charge in [-0.1, -0.05) is 212 Å². The standard InChI is InChI=1S/C66H43N/c1-3-16-47(17-4-1)65-63-25-12-11-24-61(63)62-38-33-51(43-64(62)66(65)48-18-5-2-6-19-48)49-20-13-21-55(41-49)67(56-36-39-60-53(42-56)29-27-46-15-8-10-23-58(46)60)54-34-30-44(31-35-54)50-32-37-59-52(40-50)28-26-45-14-7-9-22-57(45)59/h1-43H. The van der Waals surface area contributed by atoms with Gasteiger partial charge in [0, 0.05) is 17.1 Å². The van der Waals surface area contributed by atoms with Crippen LogP contribution in [-0.4, -0.2) is 0 Å². The number of rotatable bonds is 7. The van der Waals surface area contributed by atoms with Crippen LogP contribution < -0.4 is 4.90 Å². The molecule has 0 N–H and O–H groups in total. The Morgan fingerprint density at radius 3 is 1.27 bits per heavy atom. The van der Waals surface area contributed by atoms with Gasteiger partial charge in [0.2, 0.25) is 0 Å². The number of benzene rings is 13. The quantitative estimate of drug-likeness (QED) is 0.144. The van der Waals surface area contributed by atoms with E-state index in [-0.39, 0.29) is 0 Å². The minimum Gasteiger partial charge on any atom is -0.310 e. The van der Waals surface area contributed by atoms with E-state index in [1.54, 1.807) is 0 Å². The molecule has 0 heterocycles. The lowest BCUT2D eigenvalue weighted by molar-refractivity contribution is 1.29.